The first kappa shape index (κ1) is 12.4. The monoisotopic (exact) mass is 272 g/mol. The predicted octanol–water partition coefficient (Wildman–Crippen LogP) is 3.87. The van der Waals surface area contributed by atoms with E-state index >= 15 is 0 Å². The average Bonchev–Trinajstić information content (AvgIpc) is 2.95. The van der Waals surface area contributed by atoms with E-state index < -0.39 is 0 Å². The molecule has 3 heteroatoms. The minimum atomic E-state index is 0.0865. The molecule has 0 saturated heterocycles. The minimum Gasteiger partial charge on any atom is -0.493 e. The average molecular weight is 272 g/mol. The fourth-order valence-corrected chi connectivity index (χ4v) is 3.29. The molecule has 0 bridgehead atoms. The number of ketones is 1. The Morgan fingerprint density at radius 1 is 1.32 bits per heavy atom. The number of ether oxygens (including phenoxy) is 1. The van der Waals surface area contributed by atoms with Crippen LogP contribution in [0.1, 0.15) is 39.0 Å². The molecule has 2 heterocycles. The third kappa shape index (κ3) is 2.30. The van der Waals surface area contributed by atoms with Crippen molar-refractivity contribution in [3.05, 3.63) is 51.2 Å². The first-order chi connectivity index (χ1) is 9.29. The quantitative estimate of drug-likeness (QED) is 0.793. The third-order valence-electron chi connectivity index (χ3n) is 3.41. The molecule has 0 unspecified atom stereocenters. The van der Waals surface area contributed by atoms with Crippen LogP contribution in [0.15, 0.2) is 30.3 Å². The number of para-hydroxylation sites is 1. The zero-order valence-corrected chi connectivity index (χ0v) is 11.8. The summed E-state index contributed by atoms with van der Waals surface area (Å²) in [7, 11) is 0. The Hall–Kier alpha value is -1.61. The van der Waals surface area contributed by atoms with Crippen LogP contribution >= 0.6 is 11.3 Å². The lowest BCUT2D eigenvalue weighted by molar-refractivity contribution is 0.103. The summed E-state index contributed by atoms with van der Waals surface area (Å²) in [4.78, 5) is 14.6. The molecule has 3 rings (SSSR count). The Bertz CT molecular complexity index is 613. The van der Waals surface area contributed by atoms with Crippen molar-refractivity contribution in [1.82, 2.24) is 0 Å². The minimum absolute atomic E-state index is 0.0865. The number of aryl methyl sites for hydroxylation is 2. The van der Waals surface area contributed by atoms with Crippen LogP contribution in [-0.2, 0) is 12.8 Å². The van der Waals surface area contributed by atoms with Gasteiger partial charge in [0.2, 0.25) is 5.78 Å². The highest BCUT2D eigenvalue weighted by Gasteiger charge is 2.21. The second kappa shape index (κ2) is 5.17. The summed E-state index contributed by atoms with van der Waals surface area (Å²) in [6.45, 7) is 2.82. The van der Waals surface area contributed by atoms with E-state index in [2.05, 4.69) is 13.0 Å². The van der Waals surface area contributed by atoms with Gasteiger partial charge in [-0.25, -0.2) is 0 Å². The van der Waals surface area contributed by atoms with E-state index in [1.807, 2.05) is 24.3 Å². The van der Waals surface area contributed by atoms with Gasteiger partial charge in [-0.3, -0.25) is 4.79 Å². The van der Waals surface area contributed by atoms with E-state index in [4.69, 9.17) is 4.74 Å². The lowest BCUT2D eigenvalue weighted by Gasteiger charge is -2.19. The summed E-state index contributed by atoms with van der Waals surface area (Å²) >= 11 is 1.58. The van der Waals surface area contributed by atoms with Gasteiger partial charge in [-0.2, -0.15) is 0 Å². The number of carbonyl (C=O) groups is 1. The maximum absolute atomic E-state index is 12.6. The zero-order valence-electron chi connectivity index (χ0n) is 10.9. The molecule has 2 aromatic rings. The van der Waals surface area contributed by atoms with Gasteiger partial charge in [0.05, 0.1) is 17.0 Å². The molecule has 0 fully saturated rings. The first-order valence-corrected chi connectivity index (χ1v) is 7.49. The summed E-state index contributed by atoms with van der Waals surface area (Å²) in [5.41, 5.74) is 1.87. The molecule has 0 spiro atoms. The van der Waals surface area contributed by atoms with E-state index in [9.17, 15) is 4.79 Å². The molecule has 1 aromatic heterocycles. The molecule has 1 aromatic carbocycles. The SMILES string of the molecule is CCc1ccc(C(=O)c2cccc3c2OCCC3)s1. The fourth-order valence-electron chi connectivity index (χ4n) is 2.39. The molecular formula is C16H16O2S. The van der Waals surface area contributed by atoms with Crippen molar-refractivity contribution >= 4 is 17.1 Å². The predicted molar refractivity (Wildman–Crippen MR) is 77.4 cm³/mol. The summed E-state index contributed by atoms with van der Waals surface area (Å²) in [5.74, 6) is 0.883. The van der Waals surface area contributed by atoms with Crippen LogP contribution in [0.5, 0.6) is 5.75 Å². The first-order valence-electron chi connectivity index (χ1n) is 6.67. The number of fused-ring (bicyclic) bond motifs is 1. The van der Waals surface area contributed by atoms with Gasteiger partial charge in [0, 0.05) is 4.88 Å². The molecule has 0 atom stereocenters. The Balaban J connectivity index is 1.99. The van der Waals surface area contributed by atoms with E-state index in [0.717, 1.165) is 35.5 Å². The summed E-state index contributed by atoms with van der Waals surface area (Å²) in [6, 6.07) is 9.84. The van der Waals surface area contributed by atoms with E-state index in [1.54, 1.807) is 11.3 Å². The van der Waals surface area contributed by atoms with Crippen LogP contribution in [0.2, 0.25) is 0 Å². The largest absolute Gasteiger partial charge is 0.493 e. The molecule has 0 aliphatic carbocycles. The Morgan fingerprint density at radius 2 is 2.21 bits per heavy atom. The van der Waals surface area contributed by atoms with Crippen molar-refractivity contribution in [2.75, 3.05) is 6.61 Å². The Kier molecular flexibility index (Phi) is 3.38. The van der Waals surface area contributed by atoms with E-state index in [-0.39, 0.29) is 5.78 Å². The lowest BCUT2D eigenvalue weighted by Crippen LogP contribution is -2.12. The molecule has 1 aliphatic heterocycles. The Morgan fingerprint density at radius 3 is 3.00 bits per heavy atom. The van der Waals surface area contributed by atoms with Gasteiger partial charge in [-0.1, -0.05) is 19.1 Å². The Labute approximate surface area is 117 Å². The van der Waals surface area contributed by atoms with Crippen molar-refractivity contribution in [1.29, 1.82) is 0 Å². The van der Waals surface area contributed by atoms with Crippen LogP contribution in [0.4, 0.5) is 0 Å². The molecule has 98 valence electrons. The smallest absolute Gasteiger partial charge is 0.206 e. The van der Waals surface area contributed by atoms with Crippen LogP contribution in [0, 0.1) is 0 Å². The van der Waals surface area contributed by atoms with E-state index in [0.29, 0.717) is 12.2 Å². The molecule has 19 heavy (non-hydrogen) atoms. The number of hydrogen-bond acceptors (Lipinski definition) is 3. The number of rotatable bonds is 3. The van der Waals surface area contributed by atoms with Gasteiger partial charge in [0.1, 0.15) is 5.75 Å². The van der Waals surface area contributed by atoms with Crippen LogP contribution in [-0.4, -0.2) is 12.4 Å². The van der Waals surface area contributed by atoms with Crippen LogP contribution in [0.25, 0.3) is 0 Å². The highest BCUT2D eigenvalue weighted by Crippen LogP contribution is 2.31. The van der Waals surface area contributed by atoms with Gasteiger partial charge < -0.3 is 4.74 Å². The van der Waals surface area contributed by atoms with Crippen molar-refractivity contribution in [3.8, 4) is 5.75 Å². The molecule has 1 aliphatic rings. The summed E-state index contributed by atoms with van der Waals surface area (Å²) in [5, 5.41) is 0. The zero-order chi connectivity index (χ0) is 13.2. The van der Waals surface area contributed by atoms with Gasteiger partial charge >= 0.3 is 0 Å². The molecule has 0 saturated carbocycles. The van der Waals surface area contributed by atoms with Crippen molar-refractivity contribution in [3.63, 3.8) is 0 Å². The topological polar surface area (TPSA) is 26.3 Å². The summed E-state index contributed by atoms with van der Waals surface area (Å²) < 4.78 is 5.71. The molecular weight excluding hydrogens is 256 g/mol. The van der Waals surface area contributed by atoms with Gasteiger partial charge in [-0.15, -0.1) is 11.3 Å². The standard InChI is InChI=1S/C16H16O2S/c1-2-12-8-9-14(19-12)15(17)13-7-3-5-11-6-4-10-18-16(11)13/h3,5,7-9H,2,4,6,10H2,1H3. The number of thiophene rings is 1. The third-order valence-corrected chi connectivity index (χ3v) is 4.64. The molecule has 2 nitrogen and oxygen atoms in total. The lowest BCUT2D eigenvalue weighted by atomic mass is 9.99. The maximum atomic E-state index is 12.6. The van der Waals surface area contributed by atoms with Gasteiger partial charge in [0.25, 0.3) is 0 Å². The molecule has 0 amide bonds. The number of benzene rings is 1. The second-order valence-corrected chi connectivity index (χ2v) is 5.86. The van der Waals surface area contributed by atoms with Gasteiger partial charge in [-0.05, 0) is 43.0 Å². The highest BCUT2D eigenvalue weighted by atomic mass is 32.1. The van der Waals surface area contributed by atoms with Crippen molar-refractivity contribution < 1.29 is 9.53 Å². The van der Waals surface area contributed by atoms with Crippen molar-refractivity contribution in [2.24, 2.45) is 0 Å². The molecule has 0 N–H and O–H groups in total. The van der Waals surface area contributed by atoms with Gasteiger partial charge in [0.15, 0.2) is 0 Å². The van der Waals surface area contributed by atoms with Crippen LogP contribution < -0.4 is 4.74 Å². The second-order valence-electron chi connectivity index (χ2n) is 4.69. The van der Waals surface area contributed by atoms with Crippen molar-refractivity contribution in [2.45, 2.75) is 26.2 Å². The highest BCUT2D eigenvalue weighted by molar-refractivity contribution is 7.14. The summed E-state index contributed by atoms with van der Waals surface area (Å²) in [6.07, 6.45) is 3.01. The normalized spacial score (nSPS) is 13.7. The number of carbonyl (C=O) groups excluding carboxylic acids is 1. The fraction of sp³-hybridized carbons (Fsp3) is 0.312. The van der Waals surface area contributed by atoms with Crippen LogP contribution in [0.3, 0.4) is 0 Å². The number of hydrogen-bond donors (Lipinski definition) is 0. The van der Waals surface area contributed by atoms with E-state index in [1.165, 1.54) is 4.88 Å². The maximum Gasteiger partial charge on any atom is 0.206 e. The molecule has 0 radical (unpaired) electrons.